The summed E-state index contributed by atoms with van der Waals surface area (Å²) in [6, 6.07) is 4.71. The van der Waals surface area contributed by atoms with Gasteiger partial charge in [0, 0.05) is 6.07 Å². The van der Waals surface area contributed by atoms with Gasteiger partial charge in [0.05, 0.1) is 17.5 Å². The first-order valence-electron chi connectivity index (χ1n) is 8.05. The zero-order valence-corrected chi connectivity index (χ0v) is 14.7. The van der Waals surface area contributed by atoms with E-state index in [1.807, 2.05) is 6.92 Å². The molecule has 6 nitrogen and oxygen atoms in total. The third-order valence-electron chi connectivity index (χ3n) is 3.15. The lowest BCUT2D eigenvalue weighted by Crippen LogP contribution is -2.27. The predicted octanol–water partition coefficient (Wildman–Crippen LogP) is 4.60. The van der Waals surface area contributed by atoms with E-state index in [-0.39, 0.29) is 16.8 Å². The van der Waals surface area contributed by atoms with Gasteiger partial charge in [0.2, 0.25) is 5.88 Å². The molecule has 0 atom stereocenters. The lowest BCUT2D eigenvalue weighted by molar-refractivity contribution is -0.0523. The van der Waals surface area contributed by atoms with E-state index in [4.69, 9.17) is 9.47 Å². The maximum Gasteiger partial charge on any atom is 0.435 e. The molecule has 0 fully saturated rings. The number of aromatic nitrogens is 2. The van der Waals surface area contributed by atoms with Crippen LogP contribution >= 0.6 is 0 Å². The molecule has 0 saturated heterocycles. The van der Waals surface area contributed by atoms with Gasteiger partial charge in [0.15, 0.2) is 0 Å². The van der Waals surface area contributed by atoms with Crippen LogP contribution in [0.3, 0.4) is 0 Å². The minimum atomic E-state index is -3.05. The summed E-state index contributed by atoms with van der Waals surface area (Å²) in [4.78, 5) is 12.3. The van der Waals surface area contributed by atoms with Crippen molar-refractivity contribution in [2.75, 3.05) is 6.61 Å². The van der Waals surface area contributed by atoms with E-state index in [9.17, 15) is 13.6 Å². The number of benzene rings is 1. The van der Waals surface area contributed by atoms with E-state index < -0.39 is 18.3 Å². The average Bonchev–Trinajstić information content (AvgIpc) is 2.83. The smallest absolute Gasteiger partial charge is 0.435 e. The molecule has 0 amide bonds. The van der Waals surface area contributed by atoms with Crippen LogP contribution in [0.25, 0.3) is 10.9 Å². The van der Waals surface area contributed by atoms with Crippen molar-refractivity contribution in [2.45, 2.75) is 52.7 Å². The highest BCUT2D eigenvalue weighted by atomic mass is 19.3. The molecule has 0 unspecified atom stereocenters. The Kier molecular flexibility index (Phi) is 5.81. The maximum atomic E-state index is 12.6. The first-order chi connectivity index (χ1) is 11.7. The van der Waals surface area contributed by atoms with Gasteiger partial charge in [-0.2, -0.15) is 13.5 Å². The largest absolute Gasteiger partial charge is 0.494 e. The fourth-order valence-electron chi connectivity index (χ4n) is 2.11. The summed E-state index contributed by atoms with van der Waals surface area (Å²) < 4.78 is 41.4. The Bertz CT molecular complexity index is 738. The number of carbonyl (C=O) groups excluding carboxylic acids is 1. The predicted molar refractivity (Wildman–Crippen MR) is 88.4 cm³/mol. The van der Waals surface area contributed by atoms with Crippen LogP contribution in [0.15, 0.2) is 18.2 Å². The molecule has 25 heavy (non-hydrogen) atoms. The molecule has 8 heteroatoms. The highest BCUT2D eigenvalue weighted by Crippen LogP contribution is 2.30. The number of unbranched alkanes of at least 4 members (excludes halogenated alkanes) is 1. The monoisotopic (exact) mass is 356 g/mol. The third-order valence-corrected chi connectivity index (χ3v) is 3.15. The van der Waals surface area contributed by atoms with Crippen LogP contribution in [0.4, 0.5) is 13.6 Å². The molecule has 0 N–H and O–H groups in total. The van der Waals surface area contributed by atoms with Crippen LogP contribution in [-0.4, -0.2) is 34.7 Å². The molecule has 0 spiro atoms. The highest BCUT2D eigenvalue weighted by molar-refractivity contribution is 5.92. The van der Waals surface area contributed by atoms with Crippen molar-refractivity contribution in [2.24, 2.45) is 0 Å². The number of ether oxygens (including phenoxy) is 3. The molecule has 1 heterocycles. The quantitative estimate of drug-likeness (QED) is 0.708. The Balaban J connectivity index is 2.42. The van der Waals surface area contributed by atoms with Crippen molar-refractivity contribution in [3.63, 3.8) is 0 Å². The Morgan fingerprint density at radius 3 is 2.64 bits per heavy atom. The van der Waals surface area contributed by atoms with E-state index in [1.54, 1.807) is 32.9 Å². The van der Waals surface area contributed by atoms with Crippen molar-refractivity contribution >= 4 is 17.0 Å². The fraction of sp³-hybridized carbons (Fsp3) is 0.529. The van der Waals surface area contributed by atoms with Gasteiger partial charge in [-0.15, -0.1) is 5.10 Å². The summed E-state index contributed by atoms with van der Waals surface area (Å²) in [5, 5.41) is 4.11. The Morgan fingerprint density at radius 2 is 2.04 bits per heavy atom. The van der Waals surface area contributed by atoms with E-state index in [1.165, 1.54) is 6.07 Å². The number of fused-ring (bicyclic) bond motifs is 1. The zero-order valence-electron chi connectivity index (χ0n) is 14.7. The van der Waals surface area contributed by atoms with Gasteiger partial charge in [-0.3, -0.25) is 0 Å². The lowest BCUT2D eigenvalue weighted by atomic mass is 10.2. The molecule has 0 radical (unpaired) electrons. The number of hydrogen-bond acceptors (Lipinski definition) is 5. The molecular weight excluding hydrogens is 334 g/mol. The van der Waals surface area contributed by atoms with Crippen molar-refractivity contribution < 1.29 is 27.8 Å². The third kappa shape index (κ3) is 5.04. The molecule has 1 aromatic carbocycles. The summed E-state index contributed by atoms with van der Waals surface area (Å²) in [6.07, 6.45) is 1.07. The molecule has 138 valence electrons. The van der Waals surface area contributed by atoms with Gasteiger partial charge in [-0.25, -0.2) is 4.79 Å². The summed E-state index contributed by atoms with van der Waals surface area (Å²) in [7, 11) is 0. The van der Waals surface area contributed by atoms with Crippen LogP contribution in [0, 0.1) is 0 Å². The molecule has 0 bridgehead atoms. The second-order valence-electron chi connectivity index (χ2n) is 6.46. The van der Waals surface area contributed by atoms with Gasteiger partial charge in [0.25, 0.3) is 0 Å². The molecule has 0 aliphatic carbocycles. The van der Waals surface area contributed by atoms with Gasteiger partial charge in [-0.05, 0) is 39.3 Å². The van der Waals surface area contributed by atoms with Crippen molar-refractivity contribution in [1.82, 2.24) is 9.78 Å². The first-order valence-corrected chi connectivity index (χ1v) is 8.05. The standard InChI is InChI=1S/C17H22F2N2O4/c1-5-6-9-23-11-7-8-12-13(10-11)21(16(22)25-17(2,3)4)20-14(12)24-15(18)19/h7-8,10,15H,5-6,9H2,1-4H3. The second-order valence-corrected chi connectivity index (χ2v) is 6.46. The second kappa shape index (κ2) is 7.67. The number of nitrogens with zero attached hydrogens (tertiary/aromatic N) is 2. The number of carbonyl (C=O) groups is 1. The van der Waals surface area contributed by atoms with Gasteiger partial charge in [-0.1, -0.05) is 13.3 Å². The number of halogens is 2. The number of alkyl halides is 2. The van der Waals surface area contributed by atoms with Crippen LogP contribution in [0.5, 0.6) is 11.6 Å². The molecule has 0 aliphatic heterocycles. The topological polar surface area (TPSA) is 62.6 Å². The lowest BCUT2D eigenvalue weighted by Gasteiger charge is -2.19. The van der Waals surface area contributed by atoms with Crippen LogP contribution in [0.2, 0.25) is 0 Å². The molecule has 0 saturated carbocycles. The minimum absolute atomic E-state index is 0.272. The minimum Gasteiger partial charge on any atom is -0.494 e. The Morgan fingerprint density at radius 1 is 1.32 bits per heavy atom. The summed E-state index contributed by atoms with van der Waals surface area (Å²) >= 11 is 0. The highest BCUT2D eigenvalue weighted by Gasteiger charge is 2.24. The molecule has 0 aliphatic rings. The van der Waals surface area contributed by atoms with Crippen LogP contribution in [-0.2, 0) is 4.74 Å². The first kappa shape index (κ1) is 19.0. The van der Waals surface area contributed by atoms with Crippen LogP contribution in [0.1, 0.15) is 40.5 Å². The van der Waals surface area contributed by atoms with Crippen molar-refractivity contribution in [3.05, 3.63) is 18.2 Å². The average molecular weight is 356 g/mol. The van der Waals surface area contributed by atoms with E-state index >= 15 is 0 Å². The van der Waals surface area contributed by atoms with Crippen molar-refractivity contribution in [1.29, 1.82) is 0 Å². The number of rotatable bonds is 6. The van der Waals surface area contributed by atoms with Crippen molar-refractivity contribution in [3.8, 4) is 11.6 Å². The van der Waals surface area contributed by atoms with E-state index in [0.717, 1.165) is 17.5 Å². The normalized spacial score (nSPS) is 11.8. The maximum absolute atomic E-state index is 12.6. The number of hydrogen-bond donors (Lipinski definition) is 0. The van der Waals surface area contributed by atoms with E-state index in [0.29, 0.717) is 12.4 Å². The molecule has 1 aromatic heterocycles. The van der Waals surface area contributed by atoms with Gasteiger partial charge < -0.3 is 14.2 Å². The molecule has 2 aromatic rings. The summed E-state index contributed by atoms with van der Waals surface area (Å²) in [5.74, 6) is 0.172. The van der Waals surface area contributed by atoms with Crippen LogP contribution < -0.4 is 9.47 Å². The summed E-state index contributed by atoms with van der Waals surface area (Å²) in [5.41, 5.74) is -0.479. The Hall–Kier alpha value is -2.38. The molecule has 2 rings (SSSR count). The zero-order chi connectivity index (χ0) is 18.6. The Labute approximate surface area is 144 Å². The van der Waals surface area contributed by atoms with Gasteiger partial charge in [0.1, 0.15) is 11.4 Å². The van der Waals surface area contributed by atoms with Gasteiger partial charge >= 0.3 is 12.7 Å². The fourth-order valence-corrected chi connectivity index (χ4v) is 2.11. The summed E-state index contributed by atoms with van der Waals surface area (Å²) in [6.45, 7) is 4.61. The van der Waals surface area contributed by atoms with E-state index in [2.05, 4.69) is 9.84 Å². The molecular formula is C17H22F2N2O4. The SMILES string of the molecule is CCCCOc1ccc2c(OC(F)F)nn(C(=O)OC(C)(C)C)c2c1.